The summed E-state index contributed by atoms with van der Waals surface area (Å²) in [4.78, 5) is 37.2. The van der Waals surface area contributed by atoms with Gasteiger partial charge >= 0.3 is 18.0 Å². The number of urea groups is 2. The second-order valence-electron chi connectivity index (χ2n) is 4.38. The van der Waals surface area contributed by atoms with Crippen LogP contribution in [0.25, 0.3) is 0 Å². The summed E-state index contributed by atoms with van der Waals surface area (Å²) in [5.41, 5.74) is -0.230. The van der Waals surface area contributed by atoms with Gasteiger partial charge in [-0.25, -0.2) is 19.3 Å². The fourth-order valence-corrected chi connectivity index (χ4v) is 2.39. The first-order valence-electron chi connectivity index (χ1n) is 5.88. The highest BCUT2D eigenvalue weighted by molar-refractivity contribution is 6.41. The number of likely N-dealkylation sites (N-methyl/N-ethyl adjacent to an activating group) is 1. The molecule has 0 unspecified atom stereocenters. The van der Waals surface area contributed by atoms with Crippen LogP contribution in [0.5, 0.6) is 0 Å². The van der Waals surface area contributed by atoms with Crippen LogP contribution in [0.15, 0.2) is 12.1 Å². The van der Waals surface area contributed by atoms with Crippen LogP contribution in [0.1, 0.15) is 10.4 Å². The number of nitrogens with one attached hydrogen (secondary N) is 1. The Kier molecular flexibility index (Phi) is 4.24. The predicted molar refractivity (Wildman–Crippen MR) is 77.2 cm³/mol. The Bertz CT molecular complexity index is 635. The Hall–Kier alpha value is -1.99. The van der Waals surface area contributed by atoms with E-state index in [0.29, 0.717) is 6.54 Å². The number of carboxylic acid groups (broad SMARTS) is 1. The number of imide groups is 1. The molecule has 9 heteroatoms. The van der Waals surface area contributed by atoms with Gasteiger partial charge in [0, 0.05) is 20.1 Å². The third-order valence-electron chi connectivity index (χ3n) is 3.02. The Morgan fingerprint density at radius 1 is 1.29 bits per heavy atom. The maximum Gasteiger partial charge on any atom is 0.337 e. The molecule has 2 rings (SSSR count). The van der Waals surface area contributed by atoms with E-state index in [4.69, 9.17) is 28.3 Å². The third kappa shape index (κ3) is 2.88. The minimum absolute atomic E-state index is 0.0365. The largest absolute Gasteiger partial charge is 0.478 e. The molecule has 21 heavy (non-hydrogen) atoms. The molecular formula is C12H11Cl2N3O4. The Morgan fingerprint density at radius 3 is 2.48 bits per heavy atom. The molecule has 112 valence electrons. The monoisotopic (exact) mass is 331 g/mol. The molecule has 1 aliphatic rings. The number of carbonyl (C=O) groups excluding carboxylic acids is 2. The number of nitrogens with zero attached hydrogens (tertiary/aromatic N) is 2. The van der Waals surface area contributed by atoms with E-state index in [-0.39, 0.29) is 27.8 Å². The van der Waals surface area contributed by atoms with Crippen molar-refractivity contribution < 1.29 is 19.5 Å². The van der Waals surface area contributed by atoms with Crippen LogP contribution in [0.2, 0.25) is 10.0 Å². The summed E-state index contributed by atoms with van der Waals surface area (Å²) in [7, 11) is 1.57. The summed E-state index contributed by atoms with van der Waals surface area (Å²) < 4.78 is 0. The highest BCUT2D eigenvalue weighted by Gasteiger charge is 2.31. The van der Waals surface area contributed by atoms with E-state index in [2.05, 4.69) is 5.32 Å². The average Bonchev–Trinajstić information content (AvgIpc) is 2.74. The summed E-state index contributed by atoms with van der Waals surface area (Å²) >= 11 is 11.8. The highest BCUT2D eigenvalue weighted by Crippen LogP contribution is 2.33. The van der Waals surface area contributed by atoms with E-state index in [1.54, 1.807) is 7.05 Å². The lowest BCUT2D eigenvalue weighted by Gasteiger charge is -2.17. The number of carbonyl (C=O) groups is 3. The van der Waals surface area contributed by atoms with E-state index >= 15 is 0 Å². The zero-order chi connectivity index (χ0) is 15.7. The van der Waals surface area contributed by atoms with Crippen molar-refractivity contribution in [2.75, 3.05) is 25.5 Å². The molecule has 2 N–H and O–H groups in total. The fourth-order valence-electron chi connectivity index (χ4n) is 1.84. The molecule has 1 aliphatic heterocycles. The average molecular weight is 332 g/mol. The zero-order valence-corrected chi connectivity index (χ0v) is 12.4. The maximum absolute atomic E-state index is 12.1. The van der Waals surface area contributed by atoms with Gasteiger partial charge in [0.2, 0.25) is 0 Å². The van der Waals surface area contributed by atoms with Crippen molar-refractivity contribution in [3.8, 4) is 0 Å². The molecule has 0 bridgehead atoms. The molecule has 0 saturated carbocycles. The SMILES string of the molecule is CN1CCN(C(=O)Nc2c(Cl)ccc(C(=O)O)c2Cl)C1=O. The normalized spacial score (nSPS) is 14.5. The highest BCUT2D eigenvalue weighted by atomic mass is 35.5. The lowest BCUT2D eigenvalue weighted by atomic mass is 10.2. The van der Waals surface area contributed by atoms with Gasteiger partial charge in [-0.1, -0.05) is 23.2 Å². The molecule has 1 heterocycles. The number of anilines is 1. The molecule has 0 aliphatic carbocycles. The molecule has 1 aromatic carbocycles. The van der Waals surface area contributed by atoms with E-state index in [1.807, 2.05) is 0 Å². The van der Waals surface area contributed by atoms with Gasteiger partial charge in [0.15, 0.2) is 0 Å². The van der Waals surface area contributed by atoms with Crippen LogP contribution in [0, 0.1) is 0 Å². The summed E-state index contributed by atoms with van der Waals surface area (Å²) in [5, 5.41) is 11.3. The van der Waals surface area contributed by atoms with Crippen LogP contribution < -0.4 is 5.32 Å². The number of rotatable bonds is 2. The summed E-state index contributed by atoms with van der Waals surface area (Å²) in [6.45, 7) is 0.651. The minimum Gasteiger partial charge on any atom is -0.478 e. The minimum atomic E-state index is -1.25. The van der Waals surface area contributed by atoms with Crippen molar-refractivity contribution in [1.82, 2.24) is 9.80 Å². The Balaban J connectivity index is 2.27. The van der Waals surface area contributed by atoms with E-state index in [0.717, 1.165) is 4.90 Å². The molecule has 0 radical (unpaired) electrons. The number of hydrogen-bond donors (Lipinski definition) is 2. The first-order chi connectivity index (χ1) is 9.82. The van der Waals surface area contributed by atoms with Crippen LogP contribution >= 0.6 is 23.2 Å². The topological polar surface area (TPSA) is 89.9 Å². The lowest BCUT2D eigenvalue weighted by molar-refractivity contribution is 0.0697. The van der Waals surface area contributed by atoms with Gasteiger partial charge in [-0.05, 0) is 12.1 Å². The van der Waals surface area contributed by atoms with Gasteiger partial charge in [-0.15, -0.1) is 0 Å². The molecule has 7 nitrogen and oxygen atoms in total. The van der Waals surface area contributed by atoms with Crippen molar-refractivity contribution in [1.29, 1.82) is 0 Å². The number of halogens is 2. The molecule has 1 fully saturated rings. The number of aromatic carboxylic acids is 1. The maximum atomic E-state index is 12.1. The molecule has 1 aromatic rings. The van der Waals surface area contributed by atoms with Crippen LogP contribution in [0.4, 0.5) is 15.3 Å². The second kappa shape index (κ2) is 5.79. The Morgan fingerprint density at radius 2 is 1.95 bits per heavy atom. The first-order valence-corrected chi connectivity index (χ1v) is 6.63. The Labute approximate surface area is 130 Å². The summed E-state index contributed by atoms with van der Waals surface area (Å²) in [6.07, 6.45) is 0. The van der Waals surface area contributed by atoms with Gasteiger partial charge in [0.1, 0.15) is 0 Å². The van der Waals surface area contributed by atoms with E-state index < -0.39 is 18.0 Å². The quantitative estimate of drug-likeness (QED) is 0.871. The predicted octanol–water partition coefficient (Wildman–Crippen LogP) is 2.59. The molecule has 1 saturated heterocycles. The number of amides is 4. The van der Waals surface area contributed by atoms with Crippen LogP contribution in [-0.2, 0) is 0 Å². The smallest absolute Gasteiger partial charge is 0.337 e. The van der Waals surface area contributed by atoms with E-state index in [1.165, 1.54) is 17.0 Å². The standard InChI is InChI=1S/C12H11Cl2N3O4/c1-16-4-5-17(12(16)21)11(20)15-9-7(13)3-2-6(8(9)14)10(18)19/h2-3H,4-5H2,1H3,(H,15,20)(H,18,19). The van der Waals surface area contributed by atoms with E-state index in [9.17, 15) is 14.4 Å². The summed E-state index contributed by atoms with van der Waals surface area (Å²) in [5.74, 6) is -1.25. The molecule has 0 aromatic heterocycles. The van der Waals surface area contributed by atoms with Crippen LogP contribution in [0.3, 0.4) is 0 Å². The number of hydrogen-bond acceptors (Lipinski definition) is 3. The van der Waals surface area contributed by atoms with Gasteiger partial charge < -0.3 is 15.3 Å². The van der Waals surface area contributed by atoms with Gasteiger partial charge in [0.25, 0.3) is 0 Å². The fraction of sp³-hybridized carbons (Fsp3) is 0.250. The van der Waals surface area contributed by atoms with Gasteiger partial charge in [0.05, 0.1) is 21.3 Å². The lowest BCUT2D eigenvalue weighted by Crippen LogP contribution is -2.38. The number of carboxylic acids is 1. The van der Waals surface area contributed by atoms with Crippen molar-refractivity contribution in [2.45, 2.75) is 0 Å². The molecule has 4 amide bonds. The van der Waals surface area contributed by atoms with Crippen molar-refractivity contribution >= 4 is 46.9 Å². The van der Waals surface area contributed by atoms with Crippen molar-refractivity contribution in [3.63, 3.8) is 0 Å². The number of benzene rings is 1. The molecular weight excluding hydrogens is 321 g/mol. The van der Waals surface area contributed by atoms with Crippen molar-refractivity contribution in [3.05, 3.63) is 27.7 Å². The van der Waals surface area contributed by atoms with Crippen molar-refractivity contribution in [2.24, 2.45) is 0 Å². The van der Waals surface area contributed by atoms with Gasteiger partial charge in [-0.2, -0.15) is 0 Å². The summed E-state index contributed by atoms with van der Waals surface area (Å²) in [6, 6.07) is 1.38. The van der Waals surface area contributed by atoms with Gasteiger partial charge in [-0.3, -0.25) is 0 Å². The molecule has 0 spiro atoms. The second-order valence-corrected chi connectivity index (χ2v) is 5.16. The van der Waals surface area contributed by atoms with Crippen LogP contribution in [-0.4, -0.2) is 53.1 Å². The molecule has 0 atom stereocenters. The third-order valence-corrected chi connectivity index (χ3v) is 3.72. The zero-order valence-electron chi connectivity index (χ0n) is 10.9. The first kappa shape index (κ1) is 15.4.